The Hall–Kier alpha value is -1.78. The summed E-state index contributed by atoms with van der Waals surface area (Å²) in [6.07, 6.45) is 0. The zero-order chi connectivity index (χ0) is 12.7. The summed E-state index contributed by atoms with van der Waals surface area (Å²) in [4.78, 5) is 11.6. The third-order valence-corrected chi connectivity index (χ3v) is 3.39. The summed E-state index contributed by atoms with van der Waals surface area (Å²) in [7, 11) is 0. The number of aromatic amines is 1. The van der Waals surface area contributed by atoms with E-state index in [0.717, 1.165) is 11.1 Å². The first-order chi connectivity index (χ1) is 8.65. The molecule has 0 atom stereocenters. The van der Waals surface area contributed by atoms with E-state index in [-0.39, 0.29) is 0 Å². The quantitative estimate of drug-likeness (QED) is 0.716. The number of anilines is 1. The third-order valence-electron chi connectivity index (χ3n) is 2.57. The molecule has 18 heavy (non-hydrogen) atoms. The second-order valence-electron chi connectivity index (χ2n) is 3.79. The average Bonchev–Trinajstić information content (AvgIpc) is 2.75. The molecule has 0 bridgehead atoms. The highest BCUT2D eigenvalue weighted by Gasteiger charge is 2.11. The lowest BCUT2D eigenvalue weighted by Crippen LogP contribution is -1.88. The molecule has 4 nitrogen and oxygen atoms in total. The SMILES string of the molecule is Nc1ccc2[nH]c(-c3cccc(Cl)c3Cl)nc2n1. The van der Waals surface area contributed by atoms with Gasteiger partial charge in [-0.1, -0.05) is 29.3 Å². The molecular formula is C12H8Cl2N4. The number of pyridine rings is 1. The molecule has 0 radical (unpaired) electrons. The zero-order valence-electron chi connectivity index (χ0n) is 9.11. The molecule has 0 saturated heterocycles. The van der Waals surface area contributed by atoms with Crippen LogP contribution >= 0.6 is 23.2 Å². The monoisotopic (exact) mass is 278 g/mol. The van der Waals surface area contributed by atoms with E-state index in [9.17, 15) is 0 Å². The zero-order valence-corrected chi connectivity index (χ0v) is 10.6. The van der Waals surface area contributed by atoms with E-state index in [2.05, 4.69) is 15.0 Å². The van der Waals surface area contributed by atoms with Crippen molar-refractivity contribution in [3.05, 3.63) is 40.4 Å². The van der Waals surface area contributed by atoms with E-state index < -0.39 is 0 Å². The number of halogens is 2. The van der Waals surface area contributed by atoms with Crippen LogP contribution in [-0.2, 0) is 0 Å². The fourth-order valence-electron chi connectivity index (χ4n) is 1.72. The molecule has 0 aliphatic carbocycles. The number of H-pyrrole nitrogens is 1. The normalized spacial score (nSPS) is 11.0. The van der Waals surface area contributed by atoms with Crippen molar-refractivity contribution in [1.82, 2.24) is 15.0 Å². The lowest BCUT2D eigenvalue weighted by atomic mass is 10.2. The van der Waals surface area contributed by atoms with Crippen LogP contribution < -0.4 is 5.73 Å². The lowest BCUT2D eigenvalue weighted by Gasteiger charge is -2.01. The predicted octanol–water partition coefficient (Wildman–Crippen LogP) is 3.51. The van der Waals surface area contributed by atoms with Gasteiger partial charge in [-0.15, -0.1) is 0 Å². The van der Waals surface area contributed by atoms with E-state index in [1.165, 1.54) is 0 Å². The topological polar surface area (TPSA) is 67.6 Å². The number of nitrogens with two attached hydrogens (primary N) is 1. The van der Waals surface area contributed by atoms with Gasteiger partial charge < -0.3 is 10.7 Å². The fourth-order valence-corrected chi connectivity index (χ4v) is 2.11. The van der Waals surface area contributed by atoms with Crippen LogP contribution in [0.3, 0.4) is 0 Å². The van der Waals surface area contributed by atoms with Crippen LogP contribution in [0.2, 0.25) is 10.0 Å². The fraction of sp³-hybridized carbons (Fsp3) is 0. The van der Waals surface area contributed by atoms with Crippen molar-refractivity contribution in [3.63, 3.8) is 0 Å². The van der Waals surface area contributed by atoms with Gasteiger partial charge in [0.15, 0.2) is 5.65 Å². The summed E-state index contributed by atoms with van der Waals surface area (Å²) < 4.78 is 0. The van der Waals surface area contributed by atoms with Gasteiger partial charge in [-0.2, -0.15) is 0 Å². The van der Waals surface area contributed by atoms with Crippen molar-refractivity contribution < 1.29 is 0 Å². The van der Waals surface area contributed by atoms with Gasteiger partial charge in [0, 0.05) is 5.56 Å². The predicted molar refractivity (Wildman–Crippen MR) is 73.8 cm³/mol. The third kappa shape index (κ3) is 1.79. The van der Waals surface area contributed by atoms with E-state index >= 15 is 0 Å². The lowest BCUT2D eigenvalue weighted by molar-refractivity contribution is 1.30. The van der Waals surface area contributed by atoms with Gasteiger partial charge in [0.25, 0.3) is 0 Å². The molecule has 90 valence electrons. The number of hydrogen-bond acceptors (Lipinski definition) is 3. The summed E-state index contributed by atoms with van der Waals surface area (Å²) in [5.41, 5.74) is 7.71. The van der Waals surface area contributed by atoms with Crippen LogP contribution in [0, 0.1) is 0 Å². The summed E-state index contributed by atoms with van der Waals surface area (Å²) >= 11 is 12.1. The molecule has 0 aliphatic heterocycles. The van der Waals surface area contributed by atoms with Crippen LogP contribution in [0.25, 0.3) is 22.6 Å². The van der Waals surface area contributed by atoms with Crippen molar-refractivity contribution in [3.8, 4) is 11.4 Å². The van der Waals surface area contributed by atoms with Crippen molar-refractivity contribution in [2.75, 3.05) is 5.73 Å². The Balaban J connectivity index is 2.22. The van der Waals surface area contributed by atoms with Crippen molar-refractivity contribution in [2.24, 2.45) is 0 Å². The van der Waals surface area contributed by atoms with Crippen LogP contribution in [0.15, 0.2) is 30.3 Å². The van der Waals surface area contributed by atoms with E-state index in [1.807, 2.05) is 18.2 Å². The van der Waals surface area contributed by atoms with Gasteiger partial charge in [0.2, 0.25) is 0 Å². The molecule has 0 amide bonds. The molecule has 3 aromatic rings. The maximum absolute atomic E-state index is 6.15. The first-order valence-electron chi connectivity index (χ1n) is 5.22. The molecule has 2 heterocycles. The number of fused-ring (bicyclic) bond motifs is 1. The number of hydrogen-bond donors (Lipinski definition) is 2. The Kier molecular flexibility index (Phi) is 2.61. The van der Waals surface area contributed by atoms with E-state index in [4.69, 9.17) is 28.9 Å². The van der Waals surface area contributed by atoms with Crippen LogP contribution in [-0.4, -0.2) is 15.0 Å². The van der Waals surface area contributed by atoms with Gasteiger partial charge in [-0.05, 0) is 24.3 Å². The molecule has 0 saturated carbocycles. The minimum absolute atomic E-state index is 0.428. The molecule has 0 spiro atoms. The Morgan fingerprint density at radius 3 is 2.72 bits per heavy atom. The molecule has 3 rings (SSSR count). The largest absolute Gasteiger partial charge is 0.384 e. The Morgan fingerprint density at radius 2 is 1.89 bits per heavy atom. The number of nitrogens with zero attached hydrogens (tertiary/aromatic N) is 2. The number of aromatic nitrogens is 3. The van der Waals surface area contributed by atoms with E-state index in [0.29, 0.717) is 27.3 Å². The molecular weight excluding hydrogens is 271 g/mol. The summed E-state index contributed by atoms with van der Waals surface area (Å²) in [5, 5.41) is 0.952. The molecule has 0 unspecified atom stereocenters. The first kappa shape index (κ1) is 11.3. The van der Waals surface area contributed by atoms with Crippen molar-refractivity contribution >= 4 is 40.2 Å². The minimum Gasteiger partial charge on any atom is -0.384 e. The summed E-state index contributed by atoms with van der Waals surface area (Å²) in [6, 6.07) is 8.93. The highest BCUT2D eigenvalue weighted by atomic mass is 35.5. The van der Waals surface area contributed by atoms with Gasteiger partial charge in [0.05, 0.1) is 15.6 Å². The average molecular weight is 279 g/mol. The second kappa shape index (κ2) is 4.15. The summed E-state index contributed by atoms with van der Waals surface area (Å²) in [5.74, 6) is 1.05. The molecule has 6 heteroatoms. The standard InChI is InChI=1S/C12H8Cl2N4/c13-7-3-1-2-6(10(7)14)11-16-8-4-5-9(15)17-12(8)18-11/h1-5H,(H3,15,16,17,18). The Morgan fingerprint density at radius 1 is 1.06 bits per heavy atom. The minimum atomic E-state index is 0.428. The number of benzene rings is 1. The molecule has 3 N–H and O–H groups in total. The highest BCUT2D eigenvalue weighted by molar-refractivity contribution is 6.43. The number of imidazole rings is 1. The van der Waals surface area contributed by atoms with Crippen molar-refractivity contribution in [1.29, 1.82) is 0 Å². The Labute approximate surface area is 113 Å². The maximum Gasteiger partial charge on any atom is 0.180 e. The smallest absolute Gasteiger partial charge is 0.180 e. The van der Waals surface area contributed by atoms with Crippen LogP contribution in [0.5, 0.6) is 0 Å². The highest BCUT2D eigenvalue weighted by Crippen LogP contribution is 2.32. The maximum atomic E-state index is 6.15. The van der Waals surface area contributed by atoms with Crippen LogP contribution in [0.4, 0.5) is 5.82 Å². The Bertz CT molecular complexity index is 736. The van der Waals surface area contributed by atoms with E-state index in [1.54, 1.807) is 12.1 Å². The molecule has 1 aromatic carbocycles. The number of nitrogen functional groups attached to an aromatic ring is 1. The van der Waals surface area contributed by atoms with Gasteiger partial charge in [-0.3, -0.25) is 0 Å². The molecule has 0 aliphatic rings. The first-order valence-corrected chi connectivity index (χ1v) is 5.97. The second-order valence-corrected chi connectivity index (χ2v) is 4.58. The molecule has 2 aromatic heterocycles. The summed E-state index contributed by atoms with van der Waals surface area (Å²) in [6.45, 7) is 0. The molecule has 0 fully saturated rings. The van der Waals surface area contributed by atoms with Gasteiger partial charge in [-0.25, -0.2) is 9.97 Å². The van der Waals surface area contributed by atoms with Crippen LogP contribution in [0.1, 0.15) is 0 Å². The van der Waals surface area contributed by atoms with Gasteiger partial charge in [0.1, 0.15) is 11.6 Å². The number of rotatable bonds is 1. The number of nitrogens with one attached hydrogen (secondary N) is 1. The van der Waals surface area contributed by atoms with Crippen molar-refractivity contribution in [2.45, 2.75) is 0 Å². The van der Waals surface area contributed by atoms with Gasteiger partial charge >= 0.3 is 0 Å².